The molecule has 3 heteroatoms. The van der Waals surface area contributed by atoms with Gasteiger partial charge in [-0.1, -0.05) is 20.8 Å². The summed E-state index contributed by atoms with van der Waals surface area (Å²) < 4.78 is 0. The van der Waals surface area contributed by atoms with Crippen LogP contribution in [-0.2, 0) is 18.4 Å². The van der Waals surface area contributed by atoms with Crippen LogP contribution in [0.15, 0.2) is 0 Å². The lowest BCUT2D eigenvalue weighted by Crippen LogP contribution is -2.54. The summed E-state index contributed by atoms with van der Waals surface area (Å²) in [6.45, 7) is 8.10. The first-order valence-corrected chi connectivity index (χ1v) is 9.20. The largest absolute Gasteiger partial charge is 0.305 e. The summed E-state index contributed by atoms with van der Waals surface area (Å²) in [6.07, 6.45) is 8.96. The summed E-state index contributed by atoms with van der Waals surface area (Å²) in [5.74, 6) is 1.68. The molecule has 1 saturated carbocycles. The van der Waals surface area contributed by atoms with E-state index in [9.17, 15) is 0 Å². The van der Waals surface area contributed by atoms with Gasteiger partial charge in [-0.25, -0.2) is 4.98 Å². The Morgan fingerprint density at radius 3 is 2.70 bits per heavy atom. The lowest BCUT2D eigenvalue weighted by Gasteiger charge is -2.49. The molecule has 0 amide bonds. The van der Waals surface area contributed by atoms with Gasteiger partial charge in [0.1, 0.15) is 5.01 Å². The van der Waals surface area contributed by atoms with E-state index < -0.39 is 0 Å². The minimum absolute atomic E-state index is 0.215. The van der Waals surface area contributed by atoms with Crippen molar-refractivity contribution < 1.29 is 0 Å². The number of aryl methyl sites for hydroxylation is 2. The van der Waals surface area contributed by atoms with E-state index in [-0.39, 0.29) is 5.54 Å². The molecule has 2 aliphatic carbocycles. The van der Waals surface area contributed by atoms with Gasteiger partial charge in [-0.15, -0.1) is 11.3 Å². The Hall–Kier alpha value is -0.410. The second-order valence-corrected chi connectivity index (χ2v) is 8.10. The van der Waals surface area contributed by atoms with Crippen molar-refractivity contribution in [3.63, 3.8) is 0 Å². The summed E-state index contributed by atoms with van der Waals surface area (Å²) in [7, 11) is 0. The van der Waals surface area contributed by atoms with E-state index in [2.05, 4.69) is 26.1 Å². The molecule has 1 fully saturated rings. The number of thiazole rings is 1. The van der Waals surface area contributed by atoms with E-state index in [1.165, 1.54) is 55.6 Å². The number of fused-ring (bicyclic) bond motifs is 1. The van der Waals surface area contributed by atoms with Gasteiger partial charge in [0, 0.05) is 4.88 Å². The van der Waals surface area contributed by atoms with Gasteiger partial charge in [0.15, 0.2) is 0 Å². The molecule has 2 aliphatic rings. The van der Waals surface area contributed by atoms with Crippen molar-refractivity contribution in [3.8, 4) is 0 Å². The first kappa shape index (κ1) is 14.5. The molecule has 0 aromatic carbocycles. The molecule has 0 spiro atoms. The summed E-state index contributed by atoms with van der Waals surface area (Å²) in [5.41, 5.74) is 1.63. The van der Waals surface area contributed by atoms with Crippen LogP contribution in [0.25, 0.3) is 0 Å². The van der Waals surface area contributed by atoms with E-state index in [1.54, 1.807) is 4.88 Å². The summed E-state index contributed by atoms with van der Waals surface area (Å²) in [4.78, 5) is 6.63. The van der Waals surface area contributed by atoms with Crippen LogP contribution in [0.5, 0.6) is 0 Å². The number of nitrogens with zero attached hydrogens (tertiary/aromatic N) is 1. The van der Waals surface area contributed by atoms with E-state index >= 15 is 0 Å². The zero-order chi connectivity index (χ0) is 14.2. The maximum Gasteiger partial charge on any atom is 0.113 e. The van der Waals surface area contributed by atoms with Gasteiger partial charge < -0.3 is 5.32 Å². The maximum atomic E-state index is 5.05. The molecule has 1 N–H and O–H groups in total. The molecule has 3 rings (SSSR count). The maximum absolute atomic E-state index is 5.05. The molecule has 20 heavy (non-hydrogen) atoms. The van der Waals surface area contributed by atoms with Crippen molar-refractivity contribution in [2.24, 2.45) is 11.8 Å². The Balaban J connectivity index is 1.81. The van der Waals surface area contributed by atoms with Gasteiger partial charge in [0.2, 0.25) is 0 Å². The quantitative estimate of drug-likeness (QED) is 0.876. The van der Waals surface area contributed by atoms with Crippen molar-refractivity contribution >= 4 is 11.3 Å². The number of hydrogen-bond acceptors (Lipinski definition) is 3. The highest BCUT2D eigenvalue weighted by molar-refractivity contribution is 7.11. The van der Waals surface area contributed by atoms with Crippen LogP contribution < -0.4 is 5.32 Å². The summed E-state index contributed by atoms with van der Waals surface area (Å²) >= 11 is 2.01. The Bertz CT molecular complexity index is 434. The third-order valence-electron chi connectivity index (χ3n) is 5.13. The molecule has 0 unspecified atom stereocenters. The summed E-state index contributed by atoms with van der Waals surface area (Å²) in [5, 5.41) is 5.24. The molecule has 0 saturated heterocycles. The van der Waals surface area contributed by atoms with Crippen LogP contribution in [0, 0.1) is 11.8 Å². The van der Waals surface area contributed by atoms with Crippen LogP contribution in [-0.4, -0.2) is 11.5 Å². The Morgan fingerprint density at radius 1 is 1.30 bits per heavy atom. The van der Waals surface area contributed by atoms with Gasteiger partial charge >= 0.3 is 0 Å². The highest BCUT2D eigenvalue weighted by Crippen LogP contribution is 2.50. The second-order valence-electron chi connectivity index (χ2n) is 7.02. The van der Waals surface area contributed by atoms with E-state index in [0.717, 1.165) is 18.4 Å². The predicted octanol–water partition coefficient (Wildman–Crippen LogP) is 4.28. The molecular formula is C17H28N2S. The van der Waals surface area contributed by atoms with Gasteiger partial charge in [0.25, 0.3) is 0 Å². The van der Waals surface area contributed by atoms with Crippen molar-refractivity contribution in [1.82, 2.24) is 10.3 Å². The molecule has 1 heterocycles. The normalized spacial score (nSPS) is 29.3. The van der Waals surface area contributed by atoms with Crippen molar-refractivity contribution in [1.29, 1.82) is 0 Å². The average molecular weight is 292 g/mol. The minimum Gasteiger partial charge on any atom is -0.305 e. The first-order valence-electron chi connectivity index (χ1n) is 8.38. The highest BCUT2D eigenvalue weighted by atomic mass is 32.1. The molecular weight excluding hydrogens is 264 g/mol. The minimum atomic E-state index is 0.215. The standard InChI is InChI=1S/C17H28N2S/c1-4-9-18-17(10-13(11-17)12(2)3)16-19-14-7-5-6-8-15(14)20-16/h12-13,18H,4-11H2,1-3H3. The molecule has 1 aromatic heterocycles. The fourth-order valence-electron chi connectivity index (χ4n) is 3.62. The molecule has 0 bridgehead atoms. The van der Waals surface area contributed by atoms with Gasteiger partial charge in [0.05, 0.1) is 11.2 Å². The monoisotopic (exact) mass is 292 g/mol. The number of nitrogens with one attached hydrogen (secondary N) is 1. The molecule has 1 aromatic rings. The first-order chi connectivity index (χ1) is 9.64. The van der Waals surface area contributed by atoms with Gasteiger partial charge in [-0.3, -0.25) is 0 Å². The Kier molecular flexibility index (Phi) is 4.19. The van der Waals surface area contributed by atoms with Crippen molar-refractivity contribution in [2.75, 3.05) is 6.54 Å². The van der Waals surface area contributed by atoms with Crippen LogP contribution in [0.3, 0.4) is 0 Å². The van der Waals surface area contributed by atoms with E-state index in [0.29, 0.717) is 0 Å². The molecule has 0 atom stereocenters. The summed E-state index contributed by atoms with van der Waals surface area (Å²) in [6, 6.07) is 0. The number of rotatable bonds is 5. The second kappa shape index (κ2) is 5.76. The smallest absolute Gasteiger partial charge is 0.113 e. The third kappa shape index (κ3) is 2.55. The van der Waals surface area contributed by atoms with E-state index in [4.69, 9.17) is 4.98 Å². The van der Waals surface area contributed by atoms with Crippen molar-refractivity contribution in [3.05, 3.63) is 15.6 Å². The average Bonchev–Trinajstić information content (AvgIpc) is 2.81. The Labute approximate surface area is 127 Å². The van der Waals surface area contributed by atoms with Crippen molar-refractivity contribution in [2.45, 2.75) is 71.3 Å². The fraction of sp³-hybridized carbons (Fsp3) is 0.824. The molecule has 112 valence electrons. The molecule has 2 nitrogen and oxygen atoms in total. The number of aromatic nitrogens is 1. The Morgan fingerprint density at radius 2 is 2.05 bits per heavy atom. The SMILES string of the molecule is CCCNC1(c2nc3c(s2)CCCC3)CC(C(C)C)C1. The van der Waals surface area contributed by atoms with Crippen LogP contribution in [0.4, 0.5) is 0 Å². The lowest BCUT2D eigenvalue weighted by atomic mass is 9.64. The fourth-order valence-corrected chi connectivity index (χ4v) is 4.96. The zero-order valence-corrected chi connectivity index (χ0v) is 14.0. The predicted molar refractivity (Wildman–Crippen MR) is 86.3 cm³/mol. The highest BCUT2D eigenvalue weighted by Gasteiger charge is 2.48. The van der Waals surface area contributed by atoms with Crippen LogP contribution >= 0.6 is 11.3 Å². The van der Waals surface area contributed by atoms with Crippen LogP contribution in [0.2, 0.25) is 0 Å². The zero-order valence-electron chi connectivity index (χ0n) is 13.2. The third-order valence-corrected chi connectivity index (χ3v) is 6.49. The number of hydrogen-bond donors (Lipinski definition) is 1. The van der Waals surface area contributed by atoms with Gasteiger partial charge in [-0.05, 0) is 63.3 Å². The topological polar surface area (TPSA) is 24.9 Å². The van der Waals surface area contributed by atoms with E-state index in [1.807, 2.05) is 11.3 Å². The lowest BCUT2D eigenvalue weighted by molar-refractivity contribution is 0.0677. The van der Waals surface area contributed by atoms with Gasteiger partial charge in [-0.2, -0.15) is 0 Å². The molecule has 0 radical (unpaired) electrons. The van der Waals surface area contributed by atoms with Crippen LogP contribution in [0.1, 0.15) is 68.5 Å². The molecule has 0 aliphatic heterocycles.